The summed E-state index contributed by atoms with van der Waals surface area (Å²) in [4.78, 5) is 23.7. The highest BCUT2D eigenvalue weighted by atomic mass is 35.5. The van der Waals surface area contributed by atoms with Crippen molar-refractivity contribution in [2.24, 2.45) is 0 Å². The number of carbonyl (C=O) groups is 1. The smallest absolute Gasteiger partial charge is 0.301 e. The van der Waals surface area contributed by atoms with Crippen LogP contribution in [0.15, 0.2) is 54.6 Å². The molecule has 0 bridgehead atoms. The Balaban J connectivity index is 1.33. The van der Waals surface area contributed by atoms with Crippen LogP contribution in [0.1, 0.15) is 26.3 Å². The molecule has 9 heteroatoms. The molecule has 2 aromatic carbocycles. The first-order chi connectivity index (χ1) is 16.8. The van der Waals surface area contributed by atoms with Gasteiger partial charge in [0.15, 0.2) is 5.65 Å². The number of amides is 1. The Morgan fingerprint density at radius 3 is 2.40 bits per heavy atom. The van der Waals surface area contributed by atoms with Gasteiger partial charge < -0.3 is 24.5 Å². The minimum absolute atomic E-state index is 0.0869. The van der Waals surface area contributed by atoms with Crippen LogP contribution >= 0.6 is 11.6 Å². The molecule has 4 aromatic rings. The van der Waals surface area contributed by atoms with Crippen molar-refractivity contribution in [1.82, 2.24) is 20.3 Å². The lowest BCUT2D eigenvalue weighted by Gasteiger charge is -2.26. The van der Waals surface area contributed by atoms with Crippen molar-refractivity contribution in [3.63, 3.8) is 0 Å². The lowest BCUT2D eigenvalue weighted by Crippen LogP contribution is -2.39. The number of halogens is 1. The standard InChI is InChI=1S/C26H25ClN4O4/c1-15(32)31-26(2,3)17-6-10-19(11-7-17)35-25-28-22-12-21(27)23(29-24(22)30-25)16-4-8-18(9-5-16)34-20-13-33-14-20/h4-12,20H,13-14H2,1-3H3,(H,31,32)(H,28,29,30). The van der Waals surface area contributed by atoms with E-state index >= 15 is 0 Å². The number of aromatic nitrogens is 3. The van der Waals surface area contributed by atoms with Gasteiger partial charge >= 0.3 is 6.01 Å². The molecule has 8 nitrogen and oxygen atoms in total. The number of hydrogen-bond donors (Lipinski definition) is 2. The van der Waals surface area contributed by atoms with Gasteiger partial charge in [0.05, 0.1) is 35.0 Å². The molecule has 0 atom stereocenters. The predicted molar refractivity (Wildman–Crippen MR) is 133 cm³/mol. The molecule has 0 unspecified atom stereocenters. The van der Waals surface area contributed by atoms with Crippen LogP contribution in [-0.4, -0.2) is 40.2 Å². The van der Waals surface area contributed by atoms with Gasteiger partial charge in [-0.1, -0.05) is 23.7 Å². The second kappa shape index (κ2) is 9.20. The van der Waals surface area contributed by atoms with E-state index in [0.717, 1.165) is 16.9 Å². The molecule has 35 heavy (non-hydrogen) atoms. The summed E-state index contributed by atoms with van der Waals surface area (Å²) in [6.07, 6.45) is 0.112. The molecule has 1 fully saturated rings. The first kappa shape index (κ1) is 23.1. The maximum Gasteiger partial charge on any atom is 0.301 e. The summed E-state index contributed by atoms with van der Waals surface area (Å²) in [5, 5.41) is 3.43. The fraction of sp³-hybridized carbons (Fsp3) is 0.269. The third-order valence-electron chi connectivity index (χ3n) is 5.72. The highest BCUT2D eigenvalue weighted by Crippen LogP contribution is 2.32. The van der Waals surface area contributed by atoms with Crippen LogP contribution in [0.3, 0.4) is 0 Å². The first-order valence-electron chi connectivity index (χ1n) is 11.2. The molecule has 2 N–H and O–H groups in total. The van der Waals surface area contributed by atoms with E-state index < -0.39 is 5.54 Å². The molecule has 1 aliphatic rings. The number of fused-ring (bicyclic) bond motifs is 1. The summed E-state index contributed by atoms with van der Waals surface area (Å²) in [5.74, 6) is 1.29. The summed E-state index contributed by atoms with van der Waals surface area (Å²) in [6.45, 7) is 6.63. The van der Waals surface area contributed by atoms with Gasteiger partial charge in [-0.15, -0.1) is 0 Å². The van der Waals surface area contributed by atoms with Gasteiger partial charge in [-0.3, -0.25) is 4.79 Å². The van der Waals surface area contributed by atoms with E-state index in [1.807, 2.05) is 62.4 Å². The minimum atomic E-state index is -0.489. The van der Waals surface area contributed by atoms with Gasteiger partial charge in [-0.2, -0.15) is 4.98 Å². The van der Waals surface area contributed by atoms with E-state index in [0.29, 0.717) is 46.9 Å². The molecule has 1 aliphatic heterocycles. The van der Waals surface area contributed by atoms with Crippen molar-refractivity contribution < 1.29 is 19.0 Å². The van der Waals surface area contributed by atoms with E-state index in [1.165, 1.54) is 6.92 Å². The van der Waals surface area contributed by atoms with Crippen LogP contribution in [0, 0.1) is 0 Å². The summed E-state index contributed by atoms with van der Waals surface area (Å²) < 4.78 is 16.9. The van der Waals surface area contributed by atoms with Crippen molar-refractivity contribution >= 4 is 28.7 Å². The molecule has 0 aliphatic carbocycles. The number of benzene rings is 2. The number of carbonyl (C=O) groups excluding carboxylic acids is 1. The van der Waals surface area contributed by atoms with Crippen molar-refractivity contribution in [2.45, 2.75) is 32.4 Å². The average molecular weight is 493 g/mol. The van der Waals surface area contributed by atoms with Gasteiger partial charge in [-0.25, -0.2) is 4.98 Å². The Kier molecular flexibility index (Phi) is 6.08. The van der Waals surface area contributed by atoms with Crippen LogP contribution in [0.2, 0.25) is 5.02 Å². The zero-order valence-corrected chi connectivity index (χ0v) is 20.3. The number of pyridine rings is 1. The first-order valence-corrected chi connectivity index (χ1v) is 11.6. The second-order valence-corrected chi connectivity index (χ2v) is 9.37. The maximum absolute atomic E-state index is 11.5. The molecule has 0 radical (unpaired) electrons. The van der Waals surface area contributed by atoms with E-state index in [2.05, 4.69) is 20.3 Å². The minimum Gasteiger partial charge on any atom is -0.486 e. The molecule has 3 heterocycles. The van der Waals surface area contributed by atoms with Crippen molar-refractivity contribution in [3.05, 3.63) is 65.2 Å². The molecule has 2 aromatic heterocycles. The number of H-pyrrole nitrogens is 1. The molecular formula is C26H25ClN4O4. The molecule has 180 valence electrons. The second-order valence-electron chi connectivity index (χ2n) is 8.97. The molecule has 0 spiro atoms. The Labute approximate surface area is 207 Å². The average Bonchev–Trinajstić information content (AvgIpc) is 3.16. The fourth-order valence-corrected chi connectivity index (χ4v) is 4.14. The Morgan fingerprint density at radius 2 is 1.77 bits per heavy atom. The topological polar surface area (TPSA) is 98.4 Å². The number of rotatable bonds is 7. The molecule has 1 saturated heterocycles. The Hall–Kier alpha value is -3.62. The van der Waals surface area contributed by atoms with Gasteiger partial charge in [0, 0.05) is 12.5 Å². The van der Waals surface area contributed by atoms with Gasteiger partial charge in [0.1, 0.15) is 17.6 Å². The monoisotopic (exact) mass is 492 g/mol. The quantitative estimate of drug-likeness (QED) is 0.367. The zero-order valence-electron chi connectivity index (χ0n) is 19.6. The fourth-order valence-electron chi connectivity index (χ4n) is 3.88. The van der Waals surface area contributed by atoms with Crippen LogP contribution < -0.4 is 14.8 Å². The molecule has 0 saturated carbocycles. The number of ether oxygens (including phenoxy) is 3. The predicted octanol–water partition coefficient (Wildman–Crippen LogP) is 5.22. The van der Waals surface area contributed by atoms with Crippen molar-refractivity contribution in [3.8, 4) is 28.8 Å². The largest absolute Gasteiger partial charge is 0.486 e. The molecule has 5 rings (SSSR count). The summed E-state index contributed by atoms with van der Waals surface area (Å²) >= 11 is 6.53. The summed E-state index contributed by atoms with van der Waals surface area (Å²) in [7, 11) is 0. The van der Waals surface area contributed by atoms with E-state index in [-0.39, 0.29) is 12.0 Å². The maximum atomic E-state index is 11.5. The Morgan fingerprint density at radius 1 is 1.09 bits per heavy atom. The number of nitrogens with zero attached hydrogens (tertiary/aromatic N) is 2. The van der Waals surface area contributed by atoms with E-state index in [9.17, 15) is 4.79 Å². The van der Waals surface area contributed by atoms with Gasteiger partial charge in [0.25, 0.3) is 0 Å². The summed E-state index contributed by atoms with van der Waals surface area (Å²) in [6, 6.07) is 17.2. The Bertz CT molecular complexity index is 1360. The summed E-state index contributed by atoms with van der Waals surface area (Å²) in [5.41, 5.74) is 3.12. The number of hydrogen-bond acceptors (Lipinski definition) is 6. The number of aromatic amines is 1. The highest BCUT2D eigenvalue weighted by Gasteiger charge is 2.22. The van der Waals surface area contributed by atoms with Crippen LogP contribution in [-0.2, 0) is 15.1 Å². The molecular weight excluding hydrogens is 468 g/mol. The lowest BCUT2D eigenvalue weighted by molar-refractivity contribution is -0.120. The van der Waals surface area contributed by atoms with Gasteiger partial charge in [0.2, 0.25) is 5.91 Å². The van der Waals surface area contributed by atoms with Gasteiger partial charge in [-0.05, 0) is 61.9 Å². The lowest BCUT2D eigenvalue weighted by atomic mass is 9.94. The highest BCUT2D eigenvalue weighted by molar-refractivity contribution is 6.33. The number of nitrogens with one attached hydrogen (secondary N) is 2. The van der Waals surface area contributed by atoms with Crippen molar-refractivity contribution in [2.75, 3.05) is 13.2 Å². The SMILES string of the molecule is CC(=O)NC(C)(C)c1ccc(Oc2nc3nc(-c4ccc(OC5COC5)cc4)c(Cl)cc3[nH]2)cc1. The zero-order chi connectivity index (χ0) is 24.6. The van der Waals surface area contributed by atoms with Crippen LogP contribution in [0.5, 0.6) is 17.5 Å². The van der Waals surface area contributed by atoms with Crippen LogP contribution in [0.4, 0.5) is 0 Å². The van der Waals surface area contributed by atoms with Crippen LogP contribution in [0.25, 0.3) is 22.4 Å². The third kappa shape index (κ3) is 5.08. The third-order valence-corrected chi connectivity index (χ3v) is 6.01. The van der Waals surface area contributed by atoms with Crippen molar-refractivity contribution in [1.29, 1.82) is 0 Å². The van der Waals surface area contributed by atoms with E-state index in [4.69, 9.17) is 25.8 Å². The molecule has 1 amide bonds. The van der Waals surface area contributed by atoms with E-state index in [1.54, 1.807) is 6.07 Å². The number of imidazole rings is 1. The normalized spacial score (nSPS) is 13.9.